The van der Waals surface area contributed by atoms with Crippen LogP contribution >= 0.6 is 0 Å². The lowest BCUT2D eigenvalue weighted by atomic mass is 10.1. The smallest absolute Gasteiger partial charge is 0.227 e. The summed E-state index contributed by atoms with van der Waals surface area (Å²) in [7, 11) is 3.12. The molecule has 1 atom stereocenters. The monoisotopic (exact) mass is 396 g/mol. The molecule has 1 aliphatic rings. The number of carbonyl (C=O) groups excluding carboxylic acids is 3. The quantitative estimate of drug-likeness (QED) is 0.727. The Hall–Kier alpha value is -3.35. The minimum atomic E-state index is -0.441. The van der Waals surface area contributed by atoms with Gasteiger partial charge in [0.1, 0.15) is 0 Å². The van der Waals surface area contributed by atoms with Crippen LogP contribution in [0.4, 0.5) is 5.69 Å². The zero-order chi connectivity index (χ0) is 21.0. The van der Waals surface area contributed by atoms with Crippen molar-refractivity contribution < 1.29 is 23.9 Å². The fourth-order valence-electron chi connectivity index (χ4n) is 3.35. The van der Waals surface area contributed by atoms with Crippen molar-refractivity contribution in [3.05, 3.63) is 53.6 Å². The number of hydrogen-bond acceptors (Lipinski definition) is 5. The van der Waals surface area contributed by atoms with Crippen LogP contribution in [0.3, 0.4) is 0 Å². The number of anilines is 1. The Labute approximate surface area is 169 Å². The van der Waals surface area contributed by atoms with Crippen LogP contribution in [0.2, 0.25) is 0 Å². The standard InChI is InChI=1S/C22H24N2O5/c1-14(25)16-5-4-6-18(10-16)24-13-17(11-21(24)26)22(27)23-12-15-7-8-19(28-2)20(9-15)29-3/h4-10,17H,11-13H2,1-3H3,(H,23,27). The summed E-state index contributed by atoms with van der Waals surface area (Å²) in [4.78, 5) is 38.2. The summed E-state index contributed by atoms with van der Waals surface area (Å²) < 4.78 is 10.5. The highest BCUT2D eigenvalue weighted by atomic mass is 16.5. The number of Topliss-reactive ketones (excluding diaryl/α,β-unsaturated/α-hetero) is 1. The Bertz CT molecular complexity index is 941. The Kier molecular flexibility index (Phi) is 6.16. The SMILES string of the molecule is COc1ccc(CNC(=O)C2CC(=O)N(c3cccc(C(C)=O)c3)C2)cc1OC. The van der Waals surface area contributed by atoms with Crippen molar-refractivity contribution >= 4 is 23.3 Å². The van der Waals surface area contributed by atoms with Gasteiger partial charge in [0.05, 0.1) is 20.1 Å². The van der Waals surface area contributed by atoms with Crippen molar-refractivity contribution in [3.8, 4) is 11.5 Å². The lowest BCUT2D eigenvalue weighted by Gasteiger charge is -2.17. The predicted octanol–water partition coefficient (Wildman–Crippen LogP) is 2.58. The van der Waals surface area contributed by atoms with Gasteiger partial charge < -0.3 is 19.7 Å². The molecule has 7 heteroatoms. The second-order valence-corrected chi connectivity index (χ2v) is 6.92. The first-order chi connectivity index (χ1) is 13.9. The van der Waals surface area contributed by atoms with Crippen molar-refractivity contribution in [1.82, 2.24) is 5.32 Å². The molecule has 1 N–H and O–H groups in total. The topological polar surface area (TPSA) is 84.9 Å². The molecule has 152 valence electrons. The molecule has 1 aliphatic heterocycles. The number of nitrogens with one attached hydrogen (secondary N) is 1. The van der Waals surface area contributed by atoms with E-state index in [-0.39, 0.29) is 30.6 Å². The molecule has 1 heterocycles. The maximum Gasteiger partial charge on any atom is 0.227 e. The van der Waals surface area contributed by atoms with E-state index in [1.54, 1.807) is 55.5 Å². The molecular weight excluding hydrogens is 372 g/mol. The number of hydrogen-bond donors (Lipinski definition) is 1. The largest absolute Gasteiger partial charge is 0.493 e. The summed E-state index contributed by atoms with van der Waals surface area (Å²) in [5.74, 6) is 0.390. The molecule has 0 saturated carbocycles. The van der Waals surface area contributed by atoms with Crippen LogP contribution in [0.25, 0.3) is 0 Å². The maximum atomic E-state index is 12.6. The first-order valence-corrected chi connectivity index (χ1v) is 9.33. The van der Waals surface area contributed by atoms with Crippen LogP contribution in [0.15, 0.2) is 42.5 Å². The molecular formula is C22H24N2O5. The number of nitrogens with zero attached hydrogens (tertiary/aromatic N) is 1. The molecule has 0 radical (unpaired) electrons. The van der Waals surface area contributed by atoms with Gasteiger partial charge in [-0.25, -0.2) is 0 Å². The second kappa shape index (κ2) is 8.77. The van der Waals surface area contributed by atoms with Gasteiger partial charge in [0.15, 0.2) is 17.3 Å². The van der Waals surface area contributed by atoms with E-state index in [2.05, 4.69) is 5.32 Å². The summed E-state index contributed by atoms with van der Waals surface area (Å²) >= 11 is 0. The van der Waals surface area contributed by atoms with Crippen LogP contribution in [0.1, 0.15) is 29.3 Å². The Morgan fingerprint density at radius 3 is 2.55 bits per heavy atom. The first-order valence-electron chi connectivity index (χ1n) is 9.33. The van der Waals surface area contributed by atoms with Crippen molar-refractivity contribution in [1.29, 1.82) is 0 Å². The average Bonchev–Trinajstić information content (AvgIpc) is 3.13. The molecule has 0 spiro atoms. The van der Waals surface area contributed by atoms with Crippen molar-refractivity contribution in [2.75, 3.05) is 25.7 Å². The molecule has 1 fully saturated rings. The Morgan fingerprint density at radius 2 is 1.86 bits per heavy atom. The zero-order valence-corrected chi connectivity index (χ0v) is 16.7. The molecule has 0 aromatic heterocycles. The average molecular weight is 396 g/mol. The van der Waals surface area contributed by atoms with E-state index in [0.29, 0.717) is 29.3 Å². The van der Waals surface area contributed by atoms with Crippen LogP contribution < -0.4 is 19.7 Å². The molecule has 0 aliphatic carbocycles. The number of methoxy groups -OCH3 is 2. The molecule has 3 rings (SSSR count). The van der Waals surface area contributed by atoms with Gasteiger partial charge >= 0.3 is 0 Å². The first kappa shape index (κ1) is 20.4. The van der Waals surface area contributed by atoms with E-state index in [9.17, 15) is 14.4 Å². The maximum absolute atomic E-state index is 12.6. The molecule has 0 bridgehead atoms. The summed E-state index contributed by atoms with van der Waals surface area (Å²) in [5.41, 5.74) is 2.04. The fraction of sp³-hybridized carbons (Fsp3) is 0.318. The lowest BCUT2D eigenvalue weighted by Crippen LogP contribution is -2.32. The summed E-state index contributed by atoms with van der Waals surface area (Å²) in [5, 5.41) is 2.88. The van der Waals surface area contributed by atoms with Crippen molar-refractivity contribution in [2.24, 2.45) is 5.92 Å². The highest BCUT2D eigenvalue weighted by molar-refractivity contribution is 6.02. The number of benzene rings is 2. The van der Waals surface area contributed by atoms with Gasteiger partial charge in [0.2, 0.25) is 11.8 Å². The van der Waals surface area contributed by atoms with Crippen LogP contribution in [0.5, 0.6) is 11.5 Å². The number of ether oxygens (including phenoxy) is 2. The lowest BCUT2D eigenvalue weighted by molar-refractivity contribution is -0.126. The fourth-order valence-corrected chi connectivity index (χ4v) is 3.35. The van der Waals surface area contributed by atoms with Crippen LogP contribution in [-0.4, -0.2) is 38.4 Å². The van der Waals surface area contributed by atoms with E-state index in [0.717, 1.165) is 5.56 Å². The van der Waals surface area contributed by atoms with Crippen LogP contribution in [0, 0.1) is 5.92 Å². The normalized spacial score (nSPS) is 15.9. The van der Waals surface area contributed by atoms with Gasteiger partial charge in [0.25, 0.3) is 0 Å². The molecule has 2 amide bonds. The van der Waals surface area contributed by atoms with Crippen LogP contribution in [-0.2, 0) is 16.1 Å². The minimum absolute atomic E-state index is 0.0669. The predicted molar refractivity (Wildman–Crippen MR) is 108 cm³/mol. The molecule has 1 saturated heterocycles. The highest BCUT2D eigenvalue weighted by Gasteiger charge is 2.35. The van der Waals surface area contributed by atoms with Gasteiger partial charge in [-0.2, -0.15) is 0 Å². The Balaban J connectivity index is 1.63. The zero-order valence-electron chi connectivity index (χ0n) is 16.7. The van der Waals surface area contributed by atoms with Gasteiger partial charge in [-0.15, -0.1) is 0 Å². The van der Waals surface area contributed by atoms with E-state index < -0.39 is 5.92 Å². The number of rotatable bonds is 7. The third-order valence-electron chi connectivity index (χ3n) is 4.97. The minimum Gasteiger partial charge on any atom is -0.493 e. The van der Waals surface area contributed by atoms with E-state index in [1.807, 2.05) is 6.07 Å². The third kappa shape index (κ3) is 4.56. The van der Waals surface area contributed by atoms with Gasteiger partial charge in [-0.05, 0) is 36.8 Å². The summed E-state index contributed by atoms with van der Waals surface area (Å²) in [6.45, 7) is 2.09. The molecule has 2 aromatic carbocycles. The Morgan fingerprint density at radius 1 is 1.10 bits per heavy atom. The van der Waals surface area contributed by atoms with Gasteiger partial charge in [0, 0.05) is 30.8 Å². The van der Waals surface area contributed by atoms with Gasteiger partial charge in [-0.1, -0.05) is 18.2 Å². The van der Waals surface area contributed by atoms with Crippen molar-refractivity contribution in [3.63, 3.8) is 0 Å². The van der Waals surface area contributed by atoms with E-state index in [4.69, 9.17) is 9.47 Å². The number of carbonyl (C=O) groups is 3. The molecule has 1 unspecified atom stereocenters. The third-order valence-corrected chi connectivity index (χ3v) is 4.97. The van der Waals surface area contributed by atoms with Gasteiger partial charge in [-0.3, -0.25) is 14.4 Å². The van der Waals surface area contributed by atoms with E-state index >= 15 is 0 Å². The number of ketones is 1. The summed E-state index contributed by atoms with van der Waals surface area (Å²) in [6.07, 6.45) is 0.141. The molecule has 7 nitrogen and oxygen atoms in total. The highest BCUT2D eigenvalue weighted by Crippen LogP contribution is 2.28. The van der Waals surface area contributed by atoms with E-state index in [1.165, 1.54) is 6.92 Å². The van der Waals surface area contributed by atoms with Crippen molar-refractivity contribution in [2.45, 2.75) is 19.9 Å². The number of amides is 2. The summed E-state index contributed by atoms with van der Waals surface area (Å²) in [6, 6.07) is 12.3. The molecule has 29 heavy (non-hydrogen) atoms. The second-order valence-electron chi connectivity index (χ2n) is 6.92. The molecule has 2 aromatic rings.